The highest BCUT2D eigenvalue weighted by Crippen LogP contribution is 2.30. The highest BCUT2D eigenvalue weighted by Gasteiger charge is 2.33. The highest BCUT2D eigenvalue weighted by molar-refractivity contribution is 7.09. The molecule has 5 heteroatoms. The van der Waals surface area contributed by atoms with Crippen molar-refractivity contribution in [3.05, 3.63) is 57.8 Å². The van der Waals surface area contributed by atoms with Gasteiger partial charge < -0.3 is 10.0 Å². The Morgan fingerprint density at radius 1 is 1.14 bits per heavy atom. The van der Waals surface area contributed by atoms with Gasteiger partial charge in [0.2, 0.25) is 0 Å². The molecule has 1 fully saturated rings. The van der Waals surface area contributed by atoms with Crippen molar-refractivity contribution in [3.63, 3.8) is 0 Å². The lowest BCUT2D eigenvalue weighted by Gasteiger charge is -2.22. The van der Waals surface area contributed by atoms with Crippen molar-refractivity contribution >= 4 is 23.2 Å². The molecule has 1 heterocycles. The molecule has 1 saturated carbocycles. The summed E-state index contributed by atoms with van der Waals surface area (Å²) < 4.78 is 0. The van der Waals surface area contributed by atoms with Crippen LogP contribution in [0.5, 0.6) is 0 Å². The Kier molecular flexibility index (Phi) is 3.75. The van der Waals surface area contributed by atoms with E-state index in [1.54, 1.807) is 23.5 Å². The van der Waals surface area contributed by atoms with Gasteiger partial charge >= 0.3 is 5.97 Å². The molecule has 4 nitrogen and oxygen atoms in total. The smallest absolute Gasteiger partial charge is 0.335 e. The van der Waals surface area contributed by atoms with Crippen LogP contribution in [0, 0.1) is 0 Å². The molecule has 0 saturated heterocycles. The van der Waals surface area contributed by atoms with Crippen LogP contribution >= 0.6 is 11.3 Å². The molecule has 2 aromatic rings. The molecule has 0 spiro atoms. The van der Waals surface area contributed by atoms with E-state index < -0.39 is 5.97 Å². The van der Waals surface area contributed by atoms with Crippen LogP contribution in [0.15, 0.2) is 41.8 Å². The van der Waals surface area contributed by atoms with Crippen LogP contribution in [0.25, 0.3) is 0 Å². The SMILES string of the molecule is O=C(O)c1ccc(C(=O)N(Cc2cccs2)C2CC2)cc1. The van der Waals surface area contributed by atoms with Gasteiger partial charge in [-0.1, -0.05) is 6.07 Å². The molecule has 0 radical (unpaired) electrons. The number of amides is 1. The first-order valence-corrected chi connectivity index (χ1v) is 7.70. The average molecular weight is 301 g/mol. The van der Waals surface area contributed by atoms with Crippen molar-refractivity contribution in [1.82, 2.24) is 4.90 Å². The van der Waals surface area contributed by atoms with Gasteiger partial charge in [-0.15, -0.1) is 11.3 Å². The van der Waals surface area contributed by atoms with Crippen LogP contribution < -0.4 is 0 Å². The van der Waals surface area contributed by atoms with Crippen molar-refractivity contribution in [1.29, 1.82) is 0 Å². The molecular formula is C16H15NO3S. The number of nitrogens with zero attached hydrogens (tertiary/aromatic N) is 1. The van der Waals surface area contributed by atoms with Gasteiger partial charge in [0.25, 0.3) is 5.91 Å². The number of thiophene rings is 1. The van der Waals surface area contributed by atoms with E-state index in [2.05, 4.69) is 0 Å². The highest BCUT2D eigenvalue weighted by atomic mass is 32.1. The third-order valence-electron chi connectivity index (χ3n) is 3.53. The van der Waals surface area contributed by atoms with E-state index in [-0.39, 0.29) is 11.5 Å². The maximum absolute atomic E-state index is 12.6. The number of carboxylic acids is 1. The normalized spacial score (nSPS) is 13.9. The number of carbonyl (C=O) groups is 2. The Morgan fingerprint density at radius 3 is 2.33 bits per heavy atom. The first-order valence-electron chi connectivity index (χ1n) is 6.82. The number of rotatable bonds is 5. The lowest BCUT2D eigenvalue weighted by atomic mass is 10.1. The Bertz CT molecular complexity index is 645. The molecule has 1 aliphatic rings. The molecule has 108 valence electrons. The second-order valence-corrected chi connectivity index (χ2v) is 6.16. The Balaban J connectivity index is 1.79. The molecule has 1 aromatic carbocycles. The summed E-state index contributed by atoms with van der Waals surface area (Å²) in [4.78, 5) is 26.5. The zero-order valence-corrected chi connectivity index (χ0v) is 12.2. The molecule has 1 amide bonds. The summed E-state index contributed by atoms with van der Waals surface area (Å²) >= 11 is 1.64. The second-order valence-electron chi connectivity index (χ2n) is 5.13. The van der Waals surface area contributed by atoms with E-state index in [0.29, 0.717) is 18.2 Å². The Labute approximate surface area is 126 Å². The predicted octanol–water partition coefficient (Wildman–Crippen LogP) is 3.25. The minimum absolute atomic E-state index is 0.0251. The van der Waals surface area contributed by atoms with E-state index in [9.17, 15) is 9.59 Å². The van der Waals surface area contributed by atoms with Crippen LogP contribution in [-0.2, 0) is 6.54 Å². The van der Waals surface area contributed by atoms with Crippen molar-refractivity contribution in [2.75, 3.05) is 0 Å². The molecule has 0 bridgehead atoms. The monoisotopic (exact) mass is 301 g/mol. The van der Waals surface area contributed by atoms with Gasteiger partial charge in [0.15, 0.2) is 0 Å². The third-order valence-corrected chi connectivity index (χ3v) is 4.39. The standard InChI is InChI=1S/C16H15NO3S/c18-15(11-3-5-12(6-4-11)16(19)20)17(13-7-8-13)10-14-2-1-9-21-14/h1-6,9,13H,7-8,10H2,(H,19,20). The van der Waals surface area contributed by atoms with Gasteiger partial charge in [-0.25, -0.2) is 4.79 Å². The average Bonchev–Trinajstić information content (AvgIpc) is 3.20. The molecule has 3 rings (SSSR count). The van der Waals surface area contributed by atoms with Gasteiger partial charge in [-0.05, 0) is 48.6 Å². The lowest BCUT2D eigenvalue weighted by Crippen LogP contribution is -2.32. The molecule has 1 aliphatic carbocycles. The number of carbonyl (C=O) groups excluding carboxylic acids is 1. The van der Waals surface area contributed by atoms with Crippen molar-refractivity contribution < 1.29 is 14.7 Å². The Hall–Kier alpha value is -2.14. The maximum atomic E-state index is 12.6. The van der Waals surface area contributed by atoms with Gasteiger partial charge in [-0.3, -0.25) is 4.79 Å². The Morgan fingerprint density at radius 2 is 1.81 bits per heavy atom. The zero-order valence-electron chi connectivity index (χ0n) is 11.4. The summed E-state index contributed by atoms with van der Waals surface area (Å²) in [5, 5.41) is 10.9. The van der Waals surface area contributed by atoms with Gasteiger partial charge in [0.1, 0.15) is 0 Å². The van der Waals surface area contributed by atoms with E-state index >= 15 is 0 Å². The minimum Gasteiger partial charge on any atom is -0.478 e. The van der Waals surface area contributed by atoms with E-state index in [4.69, 9.17) is 5.11 Å². The molecule has 0 unspecified atom stereocenters. The van der Waals surface area contributed by atoms with E-state index in [0.717, 1.165) is 17.7 Å². The minimum atomic E-state index is -0.980. The van der Waals surface area contributed by atoms with Gasteiger partial charge in [0, 0.05) is 16.5 Å². The summed E-state index contributed by atoms with van der Waals surface area (Å²) in [5.41, 5.74) is 0.742. The topological polar surface area (TPSA) is 57.6 Å². The molecule has 1 aromatic heterocycles. The van der Waals surface area contributed by atoms with Gasteiger partial charge in [-0.2, -0.15) is 0 Å². The van der Waals surface area contributed by atoms with E-state index in [1.807, 2.05) is 22.4 Å². The summed E-state index contributed by atoms with van der Waals surface area (Å²) in [5.74, 6) is -1.01. The summed E-state index contributed by atoms with van der Waals surface area (Å²) in [6.45, 7) is 0.627. The van der Waals surface area contributed by atoms with Gasteiger partial charge in [0.05, 0.1) is 12.1 Å². The van der Waals surface area contributed by atoms with Crippen molar-refractivity contribution in [2.45, 2.75) is 25.4 Å². The fourth-order valence-electron chi connectivity index (χ4n) is 2.24. The molecule has 0 aliphatic heterocycles. The largest absolute Gasteiger partial charge is 0.478 e. The second kappa shape index (κ2) is 5.69. The molecular weight excluding hydrogens is 286 g/mol. The van der Waals surface area contributed by atoms with Crippen LogP contribution in [0.4, 0.5) is 0 Å². The summed E-state index contributed by atoms with van der Waals surface area (Å²) in [6.07, 6.45) is 2.09. The molecule has 0 atom stereocenters. The zero-order chi connectivity index (χ0) is 14.8. The van der Waals surface area contributed by atoms with Crippen LogP contribution in [0.3, 0.4) is 0 Å². The molecule has 1 N–H and O–H groups in total. The summed E-state index contributed by atoms with van der Waals surface area (Å²) in [6, 6.07) is 10.5. The number of hydrogen-bond donors (Lipinski definition) is 1. The maximum Gasteiger partial charge on any atom is 0.335 e. The number of carboxylic acid groups (broad SMARTS) is 1. The fourth-order valence-corrected chi connectivity index (χ4v) is 2.95. The number of hydrogen-bond acceptors (Lipinski definition) is 3. The van der Waals surface area contributed by atoms with Crippen molar-refractivity contribution in [2.24, 2.45) is 0 Å². The molecule has 21 heavy (non-hydrogen) atoms. The third kappa shape index (κ3) is 3.13. The van der Waals surface area contributed by atoms with Crippen LogP contribution in [-0.4, -0.2) is 27.9 Å². The van der Waals surface area contributed by atoms with Crippen LogP contribution in [0.2, 0.25) is 0 Å². The number of benzene rings is 1. The quantitative estimate of drug-likeness (QED) is 0.922. The van der Waals surface area contributed by atoms with Crippen molar-refractivity contribution in [3.8, 4) is 0 Å². The predicted molar refractivity (Wildman–Crippen MR) is 80.6 cm³/mol. The van der Waals surface area contributed by atoms with Crippen LogP contribution in [0.1, 0.15) is 38.4 Å². The fraction of sp³-hybridized carbons (Fsp3) is 0.250. The first kappa shape index (κ1) is 13.8. The van der Waals surface area contributed by atoms with E-state index in [1.165, 1.54) is 12.1 Å². The first-order chi connectivity index (χ1) is 10.1. The number of aromatic carboxylic acids is 1. The lowest BCUT2D eigenvalue weighted by molar-refractivity contribution is 0.0692. The summed E-state index contributed by atoms with van der Waals surface area (Å²) in [7, 11) is 0.